The summed E-state index contributed by atoms with van der Waals surface area (Å²) in [4.78, 5) is 25.3. The summed E-state index contributed by atoms with van der Waals surface area (Å²) in [6.07, 6.45) is -0.161. The maximum absolute atomic E-state index is 12.9. The van der Waals surface area contributed by atoms with E-state index in [1.807, 2.05) is 44.2 Å². The molecule has 1 unspecified atom stereocenters. The maximum atomic E-state index is 12.9. The Kier molecular flexibility index (Phi) is 7.29. The van der Waals surface area contributed by atoms with Crippen LogP contribution in [0, 0.1) is 13.8 Å². The zero-order chi connectivity index (χ0) is 24.9. The average Bonchev–Trinajstić information content (AvgIpc) is 3.18. The number of benzene rings is 2. The number of carbonyl (C=O) groups is 2. The summed E-state index contributed by atoms with van der Waals surface area (Å²) >= 11 is 0. The Morgan fingerprint density at radius 3 is 2.49 bits per heavy atom. The van der Waals surface area contributed by atoms with Gasteiger partial charge >= 0.3 is 5.97 Å². The highest BCUT2D eigenvalue weighted by Crippen LogP contribution is 2.31. The Morgan fingerprint density at radius 1 is 1.00 bits per heavy atom. The lowest BCUT2D eigenvalue weighted by atomic mass is 10.1. The smallest absolute Gasteiger partial charge is 0.351 e. The topological polar surface area (TPSA) is 85.2 Å². The van der Waals surface area contributed by atoms with Gasteiger partial charge in [0, 0.05) is 23.5 Å². The molecule has 4 rings (SSSR count). The number of rotatable bonds is 9. The van der Waals surface area contributed by atoms with Gasteiger partial charge in [0.1, 0.15) is 6.61 Å². The first kappa shape index (κ1) is 24.2. The lowest BCUT2D eigenvalue weighted by Crippen LogP contribution is -2.38. The summed E-state index contributed by atoms with van der Waals surface area (Å²) in [6, 6.07) is 14.8. The van der Waals surface area contributed by atoms with Crippen molar-refractivity contribution in [3.63, 3.8) is 0 Å². The van der Waals surface area contributed by atoms with Crippen LogP contribution in [0.3, 0.4) is 0 Å². The van der Waals surface area contributed by atoms with Gasteiger partial charge in [-0.05, 0) is 56.2 Å². The van der Waals surface area contributed by atoms with Crippen molar-refractivity contribution in [3.05, 3.63) is 71.0 Å². The molecular formula is C27H29NO7. The second-order valence-electron chi connectivity index (χ2n) is 8.27. The van der Waals surface area contributed by atoms with E-state index >= 15 is 0 Å². The van der Waals surface area contributed by atoms with Gasteiger partial charge in [-0.1, -0.05) is 18.2 Å². The number of ketones is 1. The highest BCUT2D eigenvalue weighted by Gasteiger charge is 2.29. The van der Waals surface area contributed by atoms with E-state index in [1.165, 1.54) is 0 Å². The third-order valence-corrected chi connectivity index (χ3v) is 6.06. The molecule has 1 aromatic heterocycles. The van der Waals surface area contributed by atoms with Crippen LogP contribution in [0.2, 0.25) is 0 Å². The van der Waals surface area contributed by atoms with Crippen LogP contribution in [0.4, 0.5) is 0 Å². The van der Waals surface area contributed by atoms with Gasteiger partial charge in [-0.2, -0.15) is 0 Å². The molecule has 0 spiro atoms. The number of aryl methyl sites for hydroxylation is 2. The Balaban J connectivity index is 1.36. The number of Topliss-reactive ketones (excluding diaryl/α,β-unsaturated/α-hetero) is 1. The SMILES string of the molecule is COc1ccc(CCn2c(C)cc(C(=O)COC(=O)C3COc4ccccc4O3)c2C)cc1OC. The van der Waals surface area contributed by atoms with Crippen molar-refractivity contribution >= 4 is 11.8 Å². The first-order valence-electron chi connectivity index (χ1n) is 11.4. The van der Waals surface area contributed by atoms with Crippen LogP contribution in [0.1, 0.15) is 27.3 Å². The molecule has 0 amide bonds. The summed E-state index contributed by atoms with van der Waals surface area (Å²) in [5.41, 5.74) is 3.41. The molecule has 35 heavy (non-hydrogen) atoms. The molecule has 184 valence electrons. The van der Waals surface area contributed by atoms with Crippen LogP contribution in [0.5, 0.6) is 23.0 Å². The molecule has 0 saturated carbocycles. The fourth-order valence-electron chi connectivity index (χ4n) is 4.15. The fourth-order valence-corrected chi connectivity index (χ4v) is 4.15. The standard InChI is InChI=1S/C27H29NO7/c1-17-13-20(18(2)28(17)12-11-19-9-10-22(31-3)25(14-19)32-4)21(29)15-34-27(30)26-16-33-23-7-5-6-8-24(23)35-26/h5-10,13-14,26H,11-12,15-16H2,1-4H3. The van der Waals surface area contributed by atoms with Crippen molar-refractivity contribution in [1.29, 1.82) is 0 Å². The lowest BCUT2D eigenvalue weighted by molar-refractivity contribution is -0.153. The minimum Gasteiger partial charge on any atom is -0.493 e. The normalized spacial score (nSPS) is 14.3. The lowest BCUT2D eigenvalue weighted by Gasteiger charge is -2.24. The van der Waals surface area contributed by atoms with E-state index in [4.69, 9.17) is 23.7 Å². The van der Waals surface area contributed by atoms with Gasteiger partial charge in [0.05, 0.1) is 14.2 Å². The quantitative estimate of drug-likeness (QED) is 0.340. The number of carbonyl (C=O) groups excluding carboxylic acids is 2. The molecule has 2 heterocycles. The van der Waals surface area contributed by atoms with Crippen molar-refractivity contribution in [1.82, 2.24) is 4.57 Å². The predicted molar refractivity (Wildman–Crippen MR) is 129 cm³/mol. The van der Waals surface area contributed by atoms with Crippen molar-refractivity contribution in [2.45, 2.75) is 32.9 Å². The second-order valence-corrected chi connectivity index (χ2v) is 8.27. The molecule has 0 N–H and O–H groups in total. The van der Waals surface area contributed by atoms with E-state index in [0.717, 1.165) is 23.4 Å². The van der Waals surface area contributed by atoms with Crippen LogP contribution in [-0.4, -0.2) is 49.9 Å². The number of ether oxygens (including phenoxy) is 5. The summed E-state index contributed by atoms with van der Waals surface area (Å²) in [5, 5.41) is 0. The van der Waals surface area contributed by atoms with Crippen LogP contribution in [-0.2, 0) is 22.5 Å². The van der Waals surface area contributed by atoms with Gasteiger partial charge in [-0.3, -0.25) is 4.79 Å². The van der Waals surface area contributed by atoms with Gasteiger partial charge in [0.25, 0.3) is 0 Å². The molecule has 1 aliphatic rings. The molecule has 8 nitrogen and oxygen atoms in total. The third kappa shape index (κ3) is 5.26. The minimum absolute atomic E-state index is 0.0364. The molecule has 8 heteroatoms. The number of hydrogen-bond acceptors (Lipinski definition) is 7. The van der Waals surface area contributed by atoms with Gasteiger partial charge < -0.3 is 28.3 Å². The van der Waals surface area contributed by atoms with Crippen LogP contribution < -0.4 is 18.9 Å². The van der Waals surface area contributed by atoms with E-state index < -0.39 is 12.1 Å². The molecule has 0 saturated heterocycles. The Hall–Kier alpha value is -3.94. The van der Waals surface area contributed by atoms with Gasteiger partial charge in [0.15, 0.2) is 29.6 Å². The predicted octanol–water partition coefficient (Wildman–Crippen LogP) is 3.93. The number of fused-ring (bicyclic) bond motifs is 1. The molecule has 0 aliphatic carbocycles. The Labute approximate surface area is 204 Å². The van der Waals surface area contributed by atoms with Crippen molar-refractivity contribution in [2.75, 3.05) is 27.4 Å². The Morgan fingerprint density at radius 2 is 1.74 bits per heavy atom. The summed E-state index contributed by atoms with van der Waals surface area (Å²) in [6.45, 7) is 4.21. The molecule has 1 atom stereocenters. The van der Waals surface area contributed by atoms with Crippen LogP contribution in [0.25, 0.3) is 0 Å². The van der Waals surface area contributed by atoms with Gasteiger partial charge in [-0.15, -0.1) is 0 Å². The molecule has 3 aromatic rings. The van der Waals surface area contributed by atoms with E-state index in [9.17, 15) is 9.59 Å². The highest BCUT2D eigenvalue weighted by atomic mass is 16.6. The maximum Gasteiger partial charge on any atom is 0.351 e. The van der Waals surface area contributed by atoms with Crippen LogP contribution >= 0.6 is 0 Å². The van der Waals surface area contributed by atoms with Gasteiger partial charge in [-0.25, -0.2) is 4.79 Å². The van der Waals surface area contributed by atoms with Crippen LogP contribution in [0.15, 0.2) is 48.5 Å². The number of hydrogen-bond donors (Lipinski definition) is 0. The number of aromatic nitrogens is 1. The first-order chi connectivity index (χ1) is 16.9. The summed E-state index contributed by atoms with van der Waals surface area (Å²) in [7, 11) is 3.22. The molecule has 1 aliphatic heterocycles. The van der Waals surface area contributed by atoms with Crippen molar-refractivity contribution < 1.29 is 33.3 Å². The zero-order valence-corrected chi connectivity index (χ0v) is 20.3. The van der Waals surface area contributed by atoms with Gasteiger partial charge in [0.2, 0.25) is 11.9 Å². The van der Waals surface area contributed by atoms with E-state index in [-0.39, 0.29) is 19.0 Å². The highest BCUT2D eigenvalue weighted by molar-refractivity contribution is 5.99. The first-order valence-corrected chi connectivity index (χ1v) is 11.4. The molecular weight excluding hydrogens is 450 g/mol. The number of methoxy groups -OCH3 is 2. The zero-order valence-electron chi connectivity index (χ0n) is 20.3. The van der Waals surface area contributed by atoms with E-state index in [2.05, 4.69) is 4.57 Å². The number of esters is 1. The molecule has 0 radical (unpaired) electrons. The fraction of sp³-hybridized carbons (Fsp3) is 0.333. The number of para-hydroxylation sites is 2. The monoisotopic (exact) mass is 479 g/mol. The number of nitrogens with zero attached hydrogens (tertiary/aromatic N) is 1. The van der Waals surface area contributed by atoms with Crippen molar-refractivity contribution in [3.8, 4) is 23.0 Å². The Bertz CT molecular complexity index is 1230. The molecule has 0 fully saturated rings. The second kappa shape index (κ2) is 10.5. The summed E-state index contributed by atoms with van der Waals surface area (Å²) in [5.74, 6) is 1.52. The largest absolute Gasteiger partial charge is 0.493 e. The third-order valence-electron chi connectivity index (χ3n) is 6.06. The molecule has 0 bridgehead atoms. The average molecular weight is 480 g/mol. The summed E-state index contributed by atoms with van der Waals surface area (Å²) < 4.78 is 29.2. The van der Waals surface area contributed by atoms with E-state index in [1.54, 1.807) is 32.4 Å². The molecule has 2 aromatic carbocycles. The van der Waals surface area contributed by atoms with Crippen molar-refractivity contribution in [2.24, 2.45) is 0 Å². The minimum atomic E-state index is -0.911. The van der Waals surface area contributed by atoms with E-state index in [0.29, 0.717) is 35.1 Å².